The van der Waals surface area contributed by atoms with Crippen LogP contribution < -0.4 is 4.74 Å². The number of benzene rings is 1. The molecule has 0 spiro atoms. The van der Waals surface area contributed by atoms with Crippen LogP contribution in [-0.4, -0.2) is 31.1 Å². The lowest BCUT2D eigenvalue weighted by molar-refractivity contribution is -0.153. The molecule has 0 bridgehead atoms. The Kier molecular flexibility index (Phi) is 6.45. The largest absolute Gasteiger partial charge is 0.477 e. The highest BCUT2D eigenvalue weighted by molar-refractivity contribution is 7.54. The molecular formula is C16H21Cl2O6P. The molecule has 1 saturated heterocycles. The van der Waals surface area contributed by atoms with E-state index in [1.54, 1.807) is 12.1 Å². The molecule has 0 amide bonds. The molecule has 1 aliphatic rings. The summed E-state index contributed by atoms with van der Waals surface area (Å²) in [5.74, 6) is -1.45. The van der Waals surface area contributed by atoms with Gasteiger partial charge in [0.05, 0.1) is 18.2 Å². The highest BCUT2D eigenvalue weighted by Crippen LogP contribution is 2.57. The second-order valence-corrected chi connectivity index (χ2v) is 9.79. The number of carbonyl (C=O) groups is 1. The van der Waals surface area contributed by atoms with Crippen molar-refractivity contribution in [3.63, 3.8) is 0 Å². The number of hydrogen-bond donors (Lipinski definition) is 0. The lowest BCUT2D eigenvalue weighted by Gasteiger charge is -2.36. The van der Waals surface area contributed by atoms with Crippen molar-refractivity contribution < 1.29 is 27.9 Å². The molecule has 0 aliphatic carbocycles. The fourth-order valence-corrected chi connectivity index (χ4v) is 4.20. The van der Waals surface area contributed by atoms with E-state index in [0.717, 1.165) is 0 Å². The smallest absolute Gasteiger partial charge is 0.370 e. The van der Waals surface area contributed by atoms with E-state index in [0.29, 0.717) is 10.8 Å². The fourth-order valence-electron chi connectivity index (χ4n) is 1.96. The monoisotopic (exact) mass is 410 g/mol. The van der Waals surface area contributed by atoms with E-state index in [-0.39, 0.29) is 23.7 Å². The molecule has 2 unspecified atom stereocenters. The average Bonchev–Trinajstić information content (AvgIpc) is 2.53. The first kappa shape index (κ1) is 20.5. The summed E-state index contributed by atoms with van der Waals surface area (Å²) in [4.78, 5) is 12.2. The molecule has 25 heavy (non-hydrogen) atoms. The third-order valence-corrected chi connectivity index (χ3v) is 6.04. The van der Waals surface area contributed by atoms with Crippen LogP contribution >= 0.6 is 30.8 Å². The molecule has 0 N–H and O–H groups in total. The van der Waals surface area contributed by atoms with E-state index in [2.05, 4.69) is 0 Å². The van der Waals surface area contributed by atoms with Gasteiger partial charge in [0.15, 0.2) is 11.9 Å². The van der Waals surface area contributed by atoms with Crippen LogP contribution in [0.3, 0.4) is 0 Å². The predicted molar refractivity (Wildman–Crippen MR) is 95.4 cm³/mol. The molecular weight excluding hydrogens is 390 g/mol. The van der Waals surface area contributed by atoms with E-state index in [9.17, 15) is 9.36 Å². The summed E-state index contributed by atoms with van der Waals surface area (Å²) < 4.78 is 34.0. The number of hydrogen-bond acceptors (Lipinski definition) is 6. The topological polar surface area (TPSA) is 71.1 Å². The van der Waals surface area contributed by atoms with Gasteiger partial charge >= 0.3 is 13.6 Å². The fraction of sp³-hybridized carbons (Fsp3) is 0.562. The quantitative estimate of drug-likeness (QED) is 0.506. The van der Waals surface area contributed by atoms with Crippen molar-refractivity contribution in [3.8, 4) is 5.75 Å². The van der Waals surface area contributed by atoms with Crippen LogP contribution in [0.2, 0.25) is 10.0 Å². The van der Waals surface area contributed by atoms with Crippen molar-refractivity contribution >= 4 is 36.8 Å². The van der Waals surface area contributed by atoms with Crippen LogP contribution in [0.15, 0.2) is 18.2 Å². The van der Waals surface area contributed by atoms with Crippen LogP contribution in [0, 0.1) is 5.41 Å². The summed E-state index contributed by atoms with van der Waals surface area (Å²) >= 11 is 11.8. The summed E-state index contributed by atoms with van der Waals surface area (Å²) in [5.41, 5.74) is -0.237. The minimum absolute atomic E-state index is 0.237. The maximum absolute atomic E-state index is 12.6. The number of ether oxygens (including phenoxy) is 2. The molecule has 1 aliphatic heterocycles. The van der Waals surface area contributed by atoms with E-state index >= 15 is 0 Å². The highest BCUT2D eigenvalue weighted by Gasteiger charge is 2.43. The Hall–Kier alpha value is -0.780. The Morgan fingerprint density at radius 2 is 1.84 bits per heavy atom. The van der Waals surface area contributed by atoms with Crippen molar-refractivity contribution in [2.75, 3.05) is 13.2 Å². The molecule has 0 radical (unpaired) electrons. The van der Waals surface area contributed by atoms with Gasteiger partial charge in [-0.3, -0.25) is 4.57 Å². The van der Waals surface area contributed by atoms with Crippen molar-refractivity contribution in [1.29, 1.82) is 0 Å². The zero-order valence-corrected chi connectivity index (χ0v) is 16.9. The van der Waals surface area contributed by atoms with Gasteiger partial charge in [0.25, 0.3) is 0 Å². The van der Waals surface area contributed by atoms with Crippen molar-refractivity contribution in [1.82, 2.24) is 0 Å². The van der Waals surface area contributed by atoms with Gasteiger partial charge in [-0.05, 0) is 32.0 Å². The summed E-state index contributed by atoms with van der Waals surface area (Å²) in [6.07, 6.45) is -0.964. The van der Waals surface area contributed by atoms with Gasteiger partial charge in [-0.25, -0.2) is 4.79 Å². The zero-order chi connectivity index (χ0) is 18.8. The van der Waals surface area contributed by atoms with E-state index in [4.69, 9.17) is 41.7 Å². The van der Waals surface area contributed by atoms with Gasteiger partial charge in [-0.15, -0.1) is 0 Å². The minimum Gasteiger partial charge on any atom is -0.477 e. The predicted octanol–water partition coefficient (Wildman–Crippen LogP) is 4.92. The van der Waals surface area contributed by atoms with Gasteiger partial charge < -0.3 is 18.5 Å². The van der Waals surface area contributed by atoms with Crippen LogP contribution in [0.4, 0.5) is 0 Å². The molecule has 2 atom stereocenters. The Bertz CT molecular complexity index is 679. The van der Waals surface area contributed by atoms with Gasteiger partial charge in [-0.2, -0.15) is 0 Å². The standard InChI is InChI=1S/C16H21Cl2O6P/c1-10(23-14-6-5-12(17)7-13(14)18)15(19)24-11(2)25(20)21-8-16(3,4)9-22-25/h5-7,10-11H,8-9H2,1-4H3. The first-order chi connectivity index (χ1) is 11.5. The number of halogens is 2. The van der Waals surface area contributed by atoms with Crippen LogP contribution in [0.1, 0.15) is 27.7 Å². The van der Waals surface area contributed by atoms with Crippen molar-refractivity contribution in [3.05, 3.63) is 28.2 Å². The molecule has 1 aromatic carbocycles. The summed E-state index contributed by atoms with van der Waals surface area (Å²) in [6.45, 7) is 7.36. The summed E-state index contributed by atoms with van der Waals surface area (Å²) in [6, 6.07) is 4.64. The molecule has 0 aromatic heterocycles. The van der Waals surface area contributed by atoms with Crippen LogP contribution in [0.25, 0.3) is 0 Å². The first-order valence-corrected chi connectivity index (χ1v) is 10.1. The SMILES string of the molecule is CC(Oc1ccc(Cl)cc1Cl)C(=O)OC(C)P1(=O)OCC(C)(C)CO1. The van der Waals surface area contributed by atoms with E-state index in [1.165, 1.54) is 19.9 Å². The summed E-state index contributed by atoms with van der Waals surface area (Å²) in [5, 5.41) is 0.725. The Morgan fingerprint density at radius 1 is 1.24 bits per heavy atom. The van der Waals surface area contributed by atoms with Gasteiger partial charge in [0.1, 0.15) is 5.75 Å². The highest BCUT2D eigenvalue weighted by atomic mass is 35.5. The van der Waals surface area contributed by atoms with Gasteiger partial charge in [-0.1, -0.05) is 37.0 Å². The van der Waals surface area contributed by atoms with Crippen LogP contribution in [0.5, 0.6) is 5.75 Å². The Morgan fingerprint density at radius 3 is 2.40 bits per heavy atom. The molecule has 1 aromatic rings. The van der Waals surface area contributed by atoms with Crippen molar-refractivity contribution in [2.45, 2.75) is 39.6 Å². The third kappa shape index (κ3) is 5.35. The maximum Gasteiger partial charge on any atom is 0.370 e. The molecule has 6 nitrogen and oxygen atoms in total. The normalized spacial score (nSPS) is 21.2. The second-order valence-electron chi connectivity index (χ2n) is 6.62. The van der Waals surface area contributed by atoms with Crippen LogP contribution in [-0.2, 0) is 23.1 Å². The van der Waals surface area contributed by atoms with Gasteiger partial charge in [0, 0.05) is 10.4 Å². The third-order valence-electron chi connectivity index (χ3n) is 3.53. The molecule has 140 valence electrons. The average molecular weight is 411 g/mol. The van der Waals surface area contributed by atoms with E-state index < -0.39 is 25.5 Å². The first-order valence-electron chi connectivity index (χ1n) is 7.73. The summed E-state index contributed by atoms with van der Waals surface area (Å²) in [7, 11) is -3.52. The lowest BCUT2D eigenvalue weighted by atomic mass is 9.97. The molecule has 9 heteroatoms. The lowest BCUT2D eigenvalue weighted by Crippen LogP contribution is -2.34. The molecule has 1 fully saturated rings. The van der Waals surface area contributed by atoms with Crippen molar-refractivity contribution in [2.24, 2.45) is 5.41 Å². The minimum atomic E-state index is -3.52. The second kappa shape index (κ2) is 7.85. The number of carbonyl (C=O) groups excluding carboxylic acids is 1. The Balaban J connectivity index is 1.95. The molecule has 2 rings (SSSR count). The van der Waals surface area contributed by atoms with Gasteiger partial charge in [0.2, 0.25) is 0 Å². The maximum atomic E-state index is 12.6. The number of rotatable bonds is 5. The van der Waals surface area contributed by atoms with E-state index in [1.807, 2.05) is 13.8 Å². The number of esters is 1. The zero-order valence-electron chi connectivity index (χ0n) is 14.5. The molecule has 0 saturated carbocycles. The Labute approximate surface area is 157 Å². The molecule has 1 heterocycles.